The molecule has 1 atom stereocenters. The first-order valence-corrected chi connectivity index (χ1v) is 9.78. The molecule has 3 rings (SSSR count). The van der Waals surface area contributed by atoms with Crippen LogP contribution < -0.4 is 19.5 Å². The van der Waals surface area contributed by atoms with Crippen molar-refractivity contribution in [3.8, 4) is 28.7 Å². The molecule has 1 aliphatic heterocycles. The lowest BCUT2D eigenvalue weighted by Gasteiger charge is -2.12. The maximum atomic E-state index is 12.0. The van der Waals surface area contributed by atoms with Gasteiger partial charge in [0.25, 0.3) is 5.22 Å². The van der Waals surface area contributed by atoms with Crippen LogP contribution in [-0.2, 0) is 9.53 Å². The highest BCUT2D eigenvalue weighted by molar-refractivity contribution is 7.99. The third-order valence-corrected chi connectivity index (χ3v) is 5.01. The van der Waals surface area contributed by atoms with E-state index >= 15 is 0 Å². The Morgan fingerprint density at radius 3 is 2.57 bits per heavy atom. The first-order valence-electron chi connectivity index (χ1n) is 8.79. The van der Waals surface area contributed by atoms with Gasteiger partial charge in [0.15, 0.2) is 11.5 Å². The molecule has 1 N–H and O–H groups in total. The Balaban J connectivity index is 1.61. The zero-order valence-corrected chi connectivity index (χ0v) is 16.8. The molecule has 0 radical (unpaired) electrons. The van der Waals surface area contributed by atoms with Gasteiger partial charge in [-0.1, -0.05) is 11.8 Å². The second kappa shape index (κ2) is 9.65. The molecule has 1 unspecified atom stereocenters. The highest BCUT2D eigenvalue weighted by Gasteiger charge is 2.19. The number of hydrogen-bond acceptors (Lipinski definition) is 9. The van der Waals surface area contributed by atoms with Gasteiger partial charge in [-0.2, -0.15) is 0 Å². The second-order valence-electron chi connectivity index (χ2n) is 6.01. The van der Waals surface area contributed by atoms with Crippen molar-refractivity contribution < 1.29 is 28.2 Å². The van der Waals surface area contributed by atoms with E-state index in [0.29, 0.717) is 40.5 Å². The molecular weight excluding hydrogens is 386 g/mol. The summed E-state index contributed by atoms with van der Waals surface area (Å²) in [5.41, 5.74) is 0.622. The van der Waals surface area contributed by atoms with Crippen molar-refractivity contribution in [2.45, 2.75) is 24.2 Å². The third kappa shape index (κ3) is 4.87. The largest absolute Gasteiger partial charge is 0.493 e. The Labute approximate surface area is 167 Å². The summed E-state index contributed by atoms with van der Waals surface area (Å²) in [6.07, 6.45) is 2.14. The molecule has 9 nitrogen and oxygen atoms in total. The maximum absolute atomic E-state index is 12.0. The SMILES string of the molecule is COc1cc(-c2nnc(SCC(=O)NCC3CCCO3)o2)cc(OC)c1OC. The lowest BCUT2D eigenvalue weighted by Crippen LogP contribution is -2.32. The van der Waals surface area contributed by atoms with Crippen LogP contribution in [0.3, 0.4) is 0 Å². The maximum Gasteiger partial charge on any atom is 0.277 e. The molecule has 10 heteroatoms. The van der Waals surface area contributed by atoms with Crippen LogP contribution in [0.2, 0.25) is 0 Å². The fourth-order valence-corrected chi connectivity index (χ4v) is 3.39. The number of nitrogens with zero attached hydrogens (tertiary/aromatic N) is 2. The minimum Gasteiger partial charge on any atom is -0.493 e. The Morgan fingerprint density at radius 1 is 1.21 bits per heavy atom. The minimum atomic E-state index is -0.104. The van der Waals surface area contributed by atoms with Crippen molar-refractivity contribution in [1.29, 1.82) is 0 Å². The molecule has 152 valence electrons. The van der Waals surface area contributed by atoms with E-state index < -0.39 is 0 Å². The van der Waals surface area contributed by atoms with Crippen LogP contribution in [0, 0.1) is 0 Å². The van der Waals surface area contributed by atoms with Crippen molar-refractivity contribution in [2.75, 3.05) is 40.2 Å². The molecule has 1 saturated heterocycles. The van der Waals surface area contributed by atoms with E-state index in [1.165, 1.54) is 33.1 Å². The molecule has 1 aromatic heterocycles. The van der Waals surface area contributed by atoms with E-state index in [1.807, 2.05) is 0 Å². The molecule has 28 heavy (non-hydrogen) atoms. The van der Waals surface area contributed by atoms with Gasteiger partial charge in [0.2, 0.25) is 17.5 Å². The molecule has 2 heterocycles. The van der Waals surface area contributed by atoms with Crippen molar-refractivity contribution in [2.24, 2.45) is 0 Å². The topological polar surface area (TPSA) is 105 Å². The number of benzene rings is 1. The van der Waals surface area contributed by atoms with Crippen LogP contribution in [0.4, 0.5) is 0 Å². The van der Waals surface area contributed by atoms with Gasteiger partial charge in [0.1, 0.15) is 0 Å². The van der Waals surface area contributed by atoms with Crippen molar-refractivity contribution >= 4 is 17.7 Å². The molecule has 1 amide bonds. The molecule has 0 saturated carbocycles. The van der Waals surface area contributed by atoms with E-state index in [9.17, 15) is 4.79 Å². The number of aromatic nitrogens is 2. The molecule has 1 aromatic carbocycles. The quantitative estimate of drug-likeness (QED) is 0.624. The zero-order chi connectivity index (χ0) is 19.9. The molecule has 0 spiro atoms. The summed E-state index contributed by atoms with van der Waals surface area (Å²) < 4.78 is 27.1. The summed E-state index contributed by atoms with van der Waals surface area (Å²) >= 11 is 1.17. The fraction of sp³-hybridized carbons (Fsp3) is 0.500. The van der Waals surface area contributed by atoms with Gasteiger partial charge >= 0.3 is 0 Å². The molecule has 1 aliphatic rings. The number of carbonyl (C=O) groups excluding carboxylic acids is 1. The summed E-state index contributed by atoms with van der Waals surface area (Å²) in [4.78, 5) is 12.0. The Morgan fingerprint density at radius 2 is 1.96 bits per heavy atom. The van der Waals surface area contributed by atoms with E-state index in [1.54, 1.807) is 12.1 Å². The summed E-state index contributed by atoms with van der Waals surface area (Å²) in [6, 6.07) is 3.44. The van der Waals surface area contributed by atoms with E-state index in [4.69, 9.17) is 23.4 Å². The average Bonchev–Trinajstić information content (AvgIpc) is 3.41. The standard InChI is InChI=1S/C18H23N3O6S/c1-23-13-7-11(8-14(24-2)16(13)25-3)17-20-21-18(27-17)28-10-15(22)19-9-12-5-4-6-26-12/h7-8,12H,4-6,9-10H2,1-3H3,(H,19,22). The van der Waals surface area contributed by atoms with Crippen LogP contribution in [0.5, 0.6) is 17.2 Å². The predicted octanol–water partition coefficient (Wildman–Crippen LogP) is 2.15. The van der Waals surface area contributed by atoms with Gasteiger partial charge in [-0.05, 0) is 25.0 Å². The summed E-state index contributed by atoms with van der Waals surface area (Å²) in [5.74, 6) is 1.82. The van der Waals surface area contributed by atoms with Crippen LogP contribution in [-0.4, -0.2) is 62.4 Å². The summed E-state index contributed by atoms with van der Waals surface area (Å²) in [7, 11) is 4.60. The van der Waals surface area contributed by atoms with Crippen LogP contribution >= 0.6 is 11.8 Å². The van der Waals surface area contributed by atoms with Crippen LogP contribution in [0.15, 0.2) is 21.8 Å². The van der Waals surface area contributed by atoms with Gasteiger partial charge in [0, 0.05) is 18.7 Å². The monoisotopic (exact) mass is 409 g/mol. The minimum absolute atomic E-state index is 0.104. The number of ether oxygens (including phenoxy) is 4. The van der Waals surface area contributed by atoms with Crippen molar-refractivity contribution in [3.05, 3.63) is 12.1 Å². The van der Waals surface area contributed by atoms with Crippen molar-refractivity contribution in [3.63, 3.8) is 0 Å². The molecular formula is C18H23N3O6S. The first kappa shape index (κ1) is 20.3. The third-order valence-electron chi connectivity index (χ3n) is 4.20. The lowest BCUT2D eigenvalue weighted by atomic mass is 10.2. The Kier molecular flexibility index (Phi) is 6.99. The van der Waals surface area contributed by atoms with Gasteiger partial charge in [-0.3, -0.25) is 4.79 Å². The Bertz CT molecular complexity index is 781. The number of thioether (sulfide) groups is 1. The molecule has 2 aromatic rings. The second-order valence-corrected chi connectivity index (χ2v) is 6.94. The van der Waals surface area contributed by atoms with Gasteiger partial charge in [-0.25, -0.2) is 0 Å². The van der Waals surface area contributed by atoms with Crippen LogP contribution in [0.1, 0.15) is 12.8 Å². The number of methoxy groups -OCH3 is 3. The van der Waals surface area contributed by atoms with Gasteiger partial charge in [0.05, 0.1) is 33.2 Å². The normalized spacial score (nSPS) is 16.0. The molecule has 0 aliphatic carbocycles. The Hall–Kier alpha value is -2.46. The number of nitrogens with one attached hydrogen (secondary N) is 1. The molecule has 0 bridgehead atoms. The van der Waals surface area contributed by atoms with Crippen LogP contribution in [0.25, 0.3) is 11.5 Å². The number of carbonyl (C=O) groups is 1. The first-order chi connectivity index (χ1) is 13.6. The predicted molar refractivity (Wildman–Crippen MR) is 102 cm³/mol. The van der Waals surface area contributed by atoms with Gasteiger partial charge in [-0.15, -0.1) is 10.2 Å². The highest BCUT2D eigenvalue weighted by Crippen LogP contribution is 2.41. The van der Waals surface area contributed by atoms with E-state index in [-0.39, 0.29) is 17.8 Å². The average molecular weight is 409 g/mol. The van der Waals surface area contributed by atoms with E-state index in [2.05, 4.69) is 15.5 Å². The lowest BCUT2D eigenvalue weighted by molar-refractivity contribution is -0.119. The number of amides is 1. The summed E-state index contributed by atoms with van der Waals surface area (Å²) in [6.45, 7) is 1.29. The number of hydrogen-bond donors (Lipinski definition) is 1. The van der Waals surface area contributed by atoms with Gasteiger partial charge < -0.3 is 28.7 Å². The zero-order valence-electron chi connectivity index (χ0n) is 16.0. The highest BCUT2D eigenvalue weighted by atomic mass is 32.2. The molecule has 1 fully saturated rings. The van der Waals surface area contributed by atoms with Crippen molar-refractivity contribution in [1.82, 2.24) is 15.5 Å². The number of rotatable bonds is 9. The summed E-state index contributed by atoms with van der Waals surface area (Å²) in [5, 5.41) is 11.2. The smallest absolute Gasteiger partial charge is 0.277 e. The van der Waals surface area contributed by atoms with E-state index in [0.717, 1.165) is 19.4 Å². The fourth-order valence-electron chi connectivity index (χ4n) is 2.80.